The van der Waals surface area contributed by atoms with E-state index in [1.54, 1.807) is 13.0 Å². The fraction of sp³-hybridized carbons (Fsp3) is 0.500. The van der Waals surface area contributed by atoms with Gasteiger partial charge in [0.25, 0.3) is 0 Å². The van der Waals surface area contributed by atoms with Crippen LogP contribution in [0.4, 0.5) is 0 Å². The van der Waals surface area contributed by atoms with Gasteiger partial charge in [-0.15, -0.1) is 0 Å². The summed E-state index contributed by atoms with van der Waals surface area (Å²) in [5.41, 5.74) is 2.86. The molecule has 1 aromatic heterocycles. The maximum Gasteiger partial charge on any atom is 0.300 e. The zero-order valence-corrected chi connectivity index (χ0v) is 11.9. The number of amides is 1. The average molecular weight is 292 g/mol. The van der Waals surface area contributed by atoms with Gasteiger partial charge in [0, 0.05) is 23.3 Å². The molecule has 6 nitrogen and oxygen atoms in total. The second kappa shape index (κ2) is 6.26. The first-order valence-corrected chi connectivity index (χ1v) is 8.40. The lowest BCUT2D eigenvalue weighted by molar-refractivity contribution is 0.0924. The Hall–Kier alpha value is -0.990. The average Bonchev–Trinajstić information content (AvgIpc) is 2.64. The first-order valence-electron chi connectivity index (χ1n) is 5.19. The molecule has 1 rings (SSSR count). The van der Waals surface area contributed by atoms with Crippen molar-refractivity contribution >= 4 is 27.5 Å². The van der Waals surface area contributed by atoms with Crippen LogP contribution in [0.1, 0.15) is 21.9 Å². The van der Waals surface area contributed by atoms with Crippen LogP contribution in [0, 0.1) is 6.92 Å². The van der Waals surface area contributed by atoms with Crippen molar-refractivity contribution in [2.45, 2.75) is 12.7 Å². The molecule has 0 radical (unpaired) electrons. The standard InChI is InChI=1S/C10H16N2O4S2/c1-7-8(5-9(16-7)10(13)12-11)6-17-3-4-18(2,14)15/h5H,3-4,6,11H2,1-2H3,(H,12,13). The number of aryl methyl sites for hydroxylation is 1. The maximum absolute atomic E-state index is 11.2. The van der Waals surface area contributed by atoms with Crippen LogP contribution in [0.5, 0.6) is 0 Å². The van der Waals surface area contributed by atoms with Crippen molar-refractivity contribution in [2.24, 2.45) is 5.84 Å². The highest BCUT2D eigenvalue weighted by atomic mass is 32.2. The topological polar surface area (TPSA) is 102 Å². The number of thioether (sulfide) groups is 1. The van der Waals surface area contributed by atoms with E-state index >= 15 is 0 Å². The van der Waals surface area contributed by atoms with Gasteiger partial charge < -0.3 is 4.42 Å². The van der Waals surface area contributed by atoms with E-state index in [1.165, 1.54) is 18.0 Å². The Bertz CT molecular complexity index is 522. The molecule has 1 aromatic rings. The van der Waals surface area contributed by atoms with E-state index in [4.69, 9.17) is 10.3 Å². The molecule has 0 bridgehead atoms. The third kappa shape index (κ3) is 4.71. The Labute approximate surface area is 110 Å². The smallest absolute Gasteiger partial charge is 0.300 e. The zero-order chi connectivity index (χ0) is 13.8. The molecule has 0 aliphatic heterocycles. The predicted octanol–water partition coefficient (Wildman–Crippen LogP) is 0.469. The summed E-state index contributed by atoms with van der Waals surface area (Å²) in [6.07, 6.45) is 1.21. The van der Waals surface area contributed by atoms with E-state index in [0.717, 1.165) is 5.56 Å². The molecule has 0 aliphatic rings. The predicted molar refractivity (Wildman–Crippen MR) is 71.0 cm³/mol. The Morgan fingerprint density at radius 3 is 2.78 bits per heavy atom. The number of nitrogens with one attached hydrogen (secondary N) is 1. The van der Waals surface area contributed by atoms with Crippen molar-refractivity contribution in [3.05, 3.63) is 23.2 Å². The van der Waals surface area contributed by atoms with Crippen molar-refractivity contribution < 1.29 is 17.6 Å². The Balaban J connectivity index is 2.53. The van der Waals surface area contributed by atoms with Gasteiger partial charge in [0.1, 0.15) is 15.6 Å². The summed E-state index contributed by atoms with van der Waals surface area (Å²) in [5, 5.41) is 0. The molecule has 0 aromatic carbocycles. The van der Waals surface area contributed by atoms with Gasteiger partial charge in [-0.05, 0) is 13.0 Å². The lowest BCUT2D eigenvalue weighted by Gasteiger charge is -1.99. The van der Waals surface area contributed by atoms with Crippen LogP contribution in [-0.2, 0) is 15.6 Å². The van der Waals surface area contributed by atoms with E-state index in [0.29, 0.717) is 17.3 Å². The molecule has 1 heterocycles. The van der Waals surface area contributed by atoms with Crippen LogP contribution >= 0.6 is 11.8 Å². The summed E-state index contributed by atoms with van der Waals surface area (Å²) >= 11 is 1.48. The summed E-state index contributed by atoms with van der Waals surface area (Å²) in [6, 6.07) is 1.62. The molecule has 1 amide bonds. The number of hydrazine groups is 1. The van der Waals surface area contributed by atoms with Crippen LogP contribution in [0.25, 0.3) is 0 Å². The molecule has 0 spiro atoms. The monoisotopic (exact) mass is 292 g/mol. The van der Waals surface area contributed by atoms with Crippen molar-refractivity contribution in [1.82, 2.24) is 5.43 Å². The van der Waals surface area contributed by atoms with Crippen molar-refractivity contribution in [3.8, 4) is 0 Å². The molecule has 0 fully saturated rings. The number of furan rings is 1. The van der Waals surface area contributed by atoms with Crippen molar-refractivity contribution in [1.29, 1.82) is 0 Å². The Morgan fingerprint density at radius 1 is 1.56 bits per heavy atom. The van der Waals surface area contributed by atoms with Crippen LogP contribution in [0.3, 0.4) is 0 Å². The van der Waals surface area contributed by atoms with Crippen molar-refractivity contribution in [2.75, 3.05) is 17.8 Å². The zero-order valence-electron chi connectivity index (χ0n) is 10.2. The SMILES string of the molecule is Cc1oc(C(=O)NN)cc1CSCCS(C)(=O)=O. The molecule has 0 saturated carbocycles. The summed E-state index contributed by atoms with van der Waals surface area (Å²) in [4.78, 5) is 11.2. The number of nitrogen functional groups attached to an aromatic ring is 1. The van der Waals surface area contributed by atoms with E-state index in [9.17, 15) is 13.2 Å². The Kier molecular flexibility index (Phi) is 5.24. The fourth-order valence-corrected chi connectivity index (χ4v) is 3.57. The number of carbonyl (C=O) groups is 1. The minimum Gasteiger partial charge on any atom is -0.456 e. The fourth-order valence-electron chi connectivity index (χ4n) is 1.24. The second-order valence-corrected chi connectivity index (χ2v) is 7.21. The van der Waals surface area contributed by atoms with Gasteiger partial charge in [-0.2, -0.15) is 11.8 Å². The molecular weight excluding hydrogens is 276 g/mol. The lowest BCUT2D eigenvalue weighted by atomic mass is 10.3. The van der Waals surface area contributed by atoms with Crippen LogP contribution in [0.15, 0.2) is 10.5 Å². The molecule has 18 heavy (non-hydrogen) atoms. The van der Waals surface area contributed by atoms with Gasteiger partial charge in [0.05, 0.1) is 5.75 Å². The summed E-state index contributed by atoms with van der Waals surface area (Å²) in [6.45, 7) is 1.75. The van der Waals surface area contributed by atoms with E-state index in [-0.39, 0.29) is 11.5 Å². The van der Waals surface area contributed by atoms with E-state index in [1.807, 2.05) is 5.43 Å². The maximum atomic E-state index is 11.2. The largest absolute Gasteiger partial charge is 0.456 e. The molecule has 0 saturated heterocycles. The summed E-state index contributed by atoms with van der Waals surface area (Å²) < 4.78 is 27.1. The minimum absolute atomic E-state index is 0.144. The summed E-state index contributed by atoms with van der Waals surface area (Å²) in [5.74, 6) is 6.58. The Morgan fingerprint density at radius 2 is 2.22 bits per heavy atom. The highest BCUT2D eigenvalue weighted by Gasteiger charge is 2.13. The number of carbonyl (C=O) groups excluding carboxylic acids is 1. The van der Waals surface area contributed by atoms with Crippen LogP contribution < -0.4 is 11.3 Å². The number of hydrogen-bond acceptors (Lipinski definition) is 6. The van der Waals surface area contributed by atoms with Crippen LogP contribution in [0.2, 0.25) is 0 Å². The van der Waals surface area contributed by atoms with Gasteiger partial charge >= 0.3 is 5.91 Å². The first-order chi connectivity index (χ1) is 8.33. The highest BCUT2D eigenvalue weighted by Crippen LogP contribution is 2.20. The number of nitrogens with two attached hydrogens (primary N) is 1. The van der Waals surface area contributed by atoms with Crippen LogP contribution in [-0.4, -0.2) is 32.1 Å². The van der Waals surface area contributed by atoms with Gasteiger partial charge in [-0.3, -0.25) is 10.2 Å². The number of rotatable bonds is 6. The van der Waals surface area contributed by atoms with Crippen molar-refractivity contribution in [3.63, 3.8) is 0 Å². The molecule has 0 unspecified atom stereocenters. The van der Waals surface area contributed by atoms with Gasteiger partial charge in [0.2, 0.25) is 0 Å². The molecular formula is C10H16N2O4S2. The molecule has 8 heteroatoms. The van der Waals surface area contributed by atoms with E-state index < -0.39 is 15.7 Å². The van der Waals surface area contributed by atoms with E-state index in [2.05, 4.69) is 0 Å². The quantitative estimate of drug-likeness (QED) is 0.342. The lowest BCUT2D eigenvalue weighted by Crippen LogP contribution is -2.29. The molecule has 0 atom stereocenters. The second-order valence-electron chi connectivity index (χ2n) is 3.85. The molecule has 102 valence electrons. The minimum atomic E-state index is -2.93. The third-order valence-electron chi connectivity index (χ3n) is 2.23. The highest BCUT2D eigenvalue weighted by molar-refractivity contribution is 7.99. The normalized spacial score (nSPS) is 11.5. The van der Waals surface area contributed by atoms with Gasteiger partial charge in [0.15, 0.2) is 5.76 Å². The number of sulfone groups is 1. The third-order valence-corrected chi connectivity index (χ3v) is 4.44. The first kappa shape index (κ1) is 15.1. The summed E-state index contributed by atoms with van der Waals surface area (Å²) in [7, 11) is -2.93. The number of hydrogen-bond donors (Lipinski definition) is 2. The molecule has 3 N–H and O–H groups in total. The molecule has 0 aliphatic carbocycles. The van der Waals surface area contributed by atoms with Gasteiger partial charge in [-0.25, -0.2) is 14.3 Å². The van der Waals surface area contributed by atoms with Gasteiger partial charge in [-0.1, -0.05) is 0 Å².